The van der Waals surface area contributed by atoms with Crippen molar-refractivity contribution in [2.45, 2.75) is 95.8 Å². The van der Waals surface area contributed by atoms with Crippen molar-refractivity contribution < 1.29 is 4.79 Å². The van der Waals surface area contributed by atoms with Gasteiger partial charge in [-0.05, 0) is 65.3 Å². The molecule has 0 radical (unpaired) electrons. The van der Waals surface area contributed by atoms with Crippen molar-refractivity contribution in [1.82, 2.24) is 10.2 Å². The van der Waals surface area contributed by atoms with Crippen LogP contribution in [0, 0.1) is 0 Å². The van der Waals surface area contributed by atoms with E-state index in [2.05, 4.69) is 31.0 Å². The molecule has 3 N–H and O–H groups in total. The molecule has 0 aromatic carbocycles. The van der Waals surface area contributed by atoms with Crippen molar-refractivity contribution in [2.24, 2.45) is 5.73 Å². The Bertz CT molecular complexity index is 354. The van der Waals surface area contributed by atoms with Crippen LogP contribution in [0.5, 0.6) is 0 Å². The Balaban J connectivity index is 2.07. The van der Waals surface area contributed by atoms with Crippen molar-refractivity contribution in [1.29, 1.82) is 0 Å². The molecule has 0 saturated heterocycles. The quantitative estimate of drug-likeness (QED) is 0.723. The lowest BCUT2D eigenvalue weighted by atomic mass is 9.77. The molecule has 0 aliphatic heterocycles. The Hall–Kier alpha value is -0.610. The Morgan fingerprint density at radius 2 is 2.05 bits per heavy atom. The molecule has 0 aromatic rings. The van der Waals surface area contributed by atoms with E-state index >= 15 is 0 Å². The molecule has 0 heterocycles. The number of carbonyl (C=O) groups is 1. The van der Waals surface area contributed by atoms with Gasteiger partial charge in [0.05, 0.1) is 5.54 Å². The van der Waals surface area contributed by atoms with Gasteiger partial charge in [-0.1, -0.05) is 13.3 Å². The van der Waals surface area contributed by atoms with Crippen molar-refractivity contribution in [3.05, 3.63) is 0 Å². The van der Waals surface area contributed by atoms with Crippen molar-refractivity contribution in [3.63, 3.8) is 0 Å². The van der Waals surface area contributed by atoms with Gasteiger partial charge < -0.3 is 11.1 Å². The summed E-state index contributed by atoms with van der Waals surface area (Å²) < 4.78 is 0. The summed E-state index contributed by atoms with van der Waals surface area (Å²) in [5.41, 5.74) is 5.30. The van der Waals surface area contributed by atoms with Gasteiger partial charge in [-0.2, -0.15) is 0 Å². The number of nitrogens with one attached hydrogen (secondary N) is 1. The predicted molar refractivity (Wildman–Crippen MR) is 87.1 cm³/mol. The highest BCUT2D eigenvalue weighted by atomic mass is 16.1. The molecule has 0 bridgehead atoms. The molecule has 4 nitrogen and oxygen atoms in total. The van der Waals surface area contributed by atoms with Gasteiger partial charge in [0.25, 0.3) is 0 Å². The average Bonchev–Trinajstić information content (AvgIpc) is 3.23. The lowest BCUT2D eigenvalue weighted by molar-refractivity contribution is -0.127. The molecular weight excluding hydrogens is 262 g/mol. The van der Waals surface area contributed by atoms with E-state index in [1.807, 2.05) is 0 Å². The molecule has 2 saturated carbocycles. The highest BCUT2D eigenvalue weighted by molar-refractivity contribution is 5.85. The van der Waals surface area contributed by atoms with Crippen LogP contribution < -0.4 is 11.1 Å². The van der Waals surface area contributed by atoms with Gasteiger partial charge >= 0.3 is 0 Å². The molecule has 2 aliphatic rings. The first-order valence-corrected chi connectivity index (χ1v) is 8.82. The molecular formula is C17H33N3O. The lowest BCUT2D eigenvalue weighted by Crippen LogP contribution is -2.62. The van der Waals surface area contributed by atoms with Crippen LogP contribution in [-0.4, -0.2) is 41.0 Å². The summed E-state index contributed by atoms with van der Waals surface area (Å²) in [7, 11) is 0. The Kier molecular flexibility index (Phi) is 5.67. The van der Waals surface area contributed by atoms with Gasteiger partial charge in [-0.3, -0.25) is 9.69 Å². The molecule has 21 heavy (non-hydrogen) atoms. The van der Waals surface area contributed by atoms with E-state index in [1.54, 1.807) is 0 Å². The van der Waals surface area contributed by atoms with E-state index in [-0.39, 0.29) is 5.91 Å². The summed E-state index contributed by atoms with van der Waals surface area (Å²) in [6, 6.07) is 1.59. The van der Waals surface area contributed by atoms with Crippen LogP contribution >= 0.6 is 0 Å². The minimum absolute atomic E-state index is 0.160. The normalized spacial score (nSPS) is 30.0. The number of nitrogens with zero attached hydrogens (tertiary/aromatic N) is 1. The number of rotatable bonds is 8. The second-order valence-corrected chi connectivity index (χ2v) is 7.32. The fourth-order valence-corrected chi connectivity index (χ4v) is 3.92. The summed E-state index contributed by atoms with van der Waals surface area (Å²) in [6.07, 6.45) is 9.26. The number of primary amides is 1. The zero-order valence-corrected chi connectivity index (χ0v) is 14.0. The maximum absolute atomic E-state index is 12.1. The third kappa shape index (κ3) is 4.19. The van der Waals surface area contributed by atoms with Gasteiger partial charge in [0.1, 0.15) is 0 Å². The molecule has 2 aliphatic carbocycles. The number of carbonyl (C=O) groups excluding carboxylic acids is 1. The minimum atomic E-state index is -0.490. The molecule has 2 fully saturated rings. The Morgan fingerprint density at radius 1 is 1.33 bits per heavy atom. The summed E-state index contributed by atoms with van der Waals surface area (Å²) >= 11 is 0. The highest BCUT2D eigenvalue weighted by Gasteiger charge is 2.45. The van der Waals surface area contributed by atoms with E-state index in [0.29, 0.717) is 12.1 Å². The largest absolute Gasteiger partial charge is 0.368 e. The van der Waals surface area contributed by atoms with E-state index in [1.165, 1.54) is 38.6 Å². The summed E-state index contributed by atoms with van der Waals surface area (Å²) in [5, 5.41) is 3.49. The lowest BCUT2D eigenvalue weighted by Gasteiger charge is -2.44. The van der Waals surface area contributed by atoms with Crippen LogP contribution in [0.3, 0.4) is 0 Å². The standard InChI is InChI=1S/C17H33N3O/c1-4-5-11-20(14-8-9-14)15-7-6-10-17(12-15,16(18)21)19-13(2)3/h13-15,19H,4-12H2,1-3H3,(H2,18,21). The third-order valence-electron chi connectivity index (χ3n) is 5.02. The van der Waals surface area contributed by atoms with Crippen LogP contribution in [0.15, 0.2) is 0 Å². The maximum Gasteiger partial charge on any atom is 0.237 e. The maximum atomic E-state index is 12.1. The highest BCUT2D eigenvalue weighted by Crippen LogP contribution is 2.37. The topological polar surface area (TPSA) is 58.4 Å². The predicted octanol–water partition coefficient (Wildman–Crippen LogP) is 2.42. The Labute approximate surface area is 129 Å². The van der Waals surface area contributed by atoms with Gasteiger partial charge in [0, 0.05) is 18.1 Å². The van der Waals surface area contributed by atoms with E-state index in [9.17, 15) is 4.79 Å². The van der Waals surface area contributed by atoms with Crippen LogP contribution in [0.25, 0.3) is 0 Å². The first-order valence-electron chi connectivity index (χ1n) is 8.82. The fourth-order valence-electron chi connectivity index (χ4n) is 3.92. The number of hydrogen-bond acceptors (Lipinski definition) is 3. The summed E-state index contributed by atoms with van der Waals surface area (Å²) in [6.45, 7) is 7.64. The third-order valence-corrected chi connectivity index (χ3v) is 5.02. The van der Waals surface area contributed by atoms with Gasteiger partial charge in [0.2, 0.25) is 5.91 Å². The summed E-state index contributed by atoms with van der Waals surface area (Å²) in [4.78, 5) is 14.8. The van der Waals surface area contributed by atoms with Gasteiger partial charge in [0.15, 0.2) is 0 Å². The van der Waals surface area contributed by atoms with Crippen LogP contribution in [0.4, 0.5) is 0 Å². The van der Waals surface area contributed by atoms with E-state index < -0.39 is 5.54 Å². The number of nitrogens with two attached hydrogens (primary N) is 1. The zero-order valence-electron chi connectivity index (χ0n) is 14.0. The SMILES string of the molecule is CCCCN(C1CC1)C1CCCC(NC(C)C)(C(N)=O)C1. The van der Waals surface area contributed by atoms with Gasteiger partial charge in [-0.15, -0.1) is 0 Å². The first kappa shape index (κ1) is 16.8. The number of amides is 1. The first-order chi connectivity index (χ1) is 9.98. The second kappa shape index (κ2) is 7.10. The molecule has 0 aromatic heterocycles. The molecule has 0 spiro atoms. The molecule has 2 atom stereocenters. The Morgan fingerprint density at radius 3 is 2.57 bits per heavy atom. The number of unbranched alkanes of at least 4 members (excludes halogenated alkanes) is 1. The number of hydrogen-bond donors (Lipinski definition) is 2. The molecule has 2 unspecified atom stereocenters. The minimum Gasteiger partial charge on any atom is -0.368 e. The molecule has 2 rings (SSSR count). The fraction of sp³-hybridized carbons (Fsp3) is 0.941. The van der Waals surface area contributed by atoms with Crippen LogP contribution in [-0.2, 0) is 4.79 Å². The van der Waals surface area contributed by atoms with Crippen LogP contribution in [0.2, 0.25) is 0 Å². The molecule has 1 amide bonds. The monoisotopic (exact) mass is 295 g/mol. The summed E-state index contributed by atoms with van der Waals surface area (Å²) in [5.74, 6) is -0.160. The van der Waals surface area contributed by atoms with Crippen molar-refractivity contribution >= 4 is 5.91 Å². The van der Waals surface area contributed by atoms with Crippen molar-refractivity contribution in [2.75, 3.05) is 6.54 Å². The van der Waals surface area contributed by atoms with E-state index in [4.69, 9.17) is 5.73 Å². The average molecular weight is 295 g/mol. The second-order valence-electron chi connectivity index (χ2n) is 7.32. The smallest absolute Gasteiger partial charge is 0.237 e. The molecule has 4 heteroatoms. The zero-order chi connectivity index (χ0) is 15.5. The van der Waals surface area contributed by atoms with Crippen molar-refractivity contribution in [3.8, 4) is 0 Å². The van der Waals surface area contributed by atoms with E-state index in [0.717, 1.165) is 25.3 Å². The van der Waals surface area contributed by atoms with Crippen LogP contribution in [0.1, 0.15) is 72.1 Å². The van der Waals surface area contributed by atoms with Gasteiger partial charge in [-0.25, -0.2) is 0 Å². The molecule has 122 valence electrons.